The van der Waals surface area contributed by atoms with Crippen molar-refractivity contribution in [3.63, 3.8) is 0 Å². The van der Waals surface area contributed by atoms with Crippen molar-refractivity contribution in [2.24, 2.45) is 0 Å². The van der Waals surface area contributed by atoms with E-state index < -0.39 is 0 Å². The summed E-state index contributed by atoms with van der Waals surface area (Å²) in [6.07, 6.45) is 8.07. The standard InChI is InChI=1S/C14H24N2/c1-4-7-9-12-11-13(10-8-5-2)16-14(6-3)15-12/h11H,4-10H2,1-3H3. The van der Waals surface area contributed by atoms with Crippen molar-refractivity contribution in [1.29, 1.82) is 0 Å². The first-order chi connectivity index (χ1) is 7.80. The topological polar surface area (TPSA) is 25.8 Å². The van der Waals surface area contributed by atoms with E-state index in [0.29, 0.717) is 0 Å². The number of hydrogen-bond acceptors (Lipinski definition) is 2. The van der Waals surface area contributed by atoms with E-state index in [4.69, 9.17) is 0 Å². The second kappa shape index (κ2) is 7.37. The molecule has 0 spiro atoms. The lowest BCUT2D eigenvalue weighted by molar-refractivity contribution is 0.730. The normalized spacial score (nSPS) is 10.7. The lowest BCUT2D eigenvalue weighted by Crippen LogP contribution is -2.03. The molecule has 0 aliphatic rings. The second-order valence-corrected chi connectivity index (χ2v) is 4.33. The van der Waals surface area contributed by atoms with Crippen LogP contribution in [-0.2, 0) is 19.3 Å². The maximum absolute atomic E-state index is 4.59. The van der Waals surface area contributed by atoms with Gasteiger partial charge in [0.15, 0.2) is 0 Å². The molecular weight excluding hydrogens is 196 g/mol. The minimum absolute atomic E-state index is 0.944. The lowest BCUT2D eigenvalue weighted by Gasteiger charge is -2.06. The van der Waals surface area contributed by atoms with Crippen LogP contribution in [0.1, 0.15) is 63.7 Å². The van der Waals surface area contributed by atoms with Crippen molar-refractivity contribution in [1.82, 2.24) is 9.97 Å². The van der Waals surface area contributed by atoms with Crippen molar-refractivity contribution in [3.8, 4) is 0 Å². The highest BCUT2D eigenvalue weighted by Gasteiger charge is 2.03. The molecule has 2 nitrogen and oxygen atoms in total. The van der Waals surface area contributed by atoms with Crippen molar-refractivity contribution in [2.45, 2.75) is 65.7 Å². The summed E-state index contributed by atoms with van der Waals surface area (Å²) in [4.78, 5) is 9.17. The fourth-order valence-corrected chi connectivity index (χ4v) is 1.74. The fourth-order valence-electron chi connectivity index (χ4n) is 1.74. The van der Waals surface area contributed by atoms with Crippen LogP contribution in [0, 0.1) is 0 Å². The predicted octanol–water partition coefficient (Wildman–Crippen LogP) is 3.72. The van der Waals surface area contributed by atoms with Gasteiger partial charge in [0.1, 0.15) is 5.82 Å². The SMILES string of the molecule is CCCCc1cc(CCCC)nc(CC)n1. The number of rotatable bonds is 7. The Kier molecular flexibility index (Phi) is 6.05. The third kappa shape index (κ3) is 4.30. The summed E-state index contributed by atoms with van der Waals surface area (Å²) >= 11 is 0. The van der Waals surface area contributed by atoms with Crippen LogP contribution in [0.4, 0.5) is 0 Å². The summed E-state index contributed by atoms with van der Waals surface area (Å²) in [6.45, 7) is 6.57. The molecule has 1 heterocycles. The van der Waals surface area contributed by atoms with E-state index in [1.807, 2.05) is 0 Å². The largest absolute Gasteiger partial charge is 0.238 e. The lowest BCUT2D eigenvalue weighted by atomic mass is 10.1. The smallest absolute Gasteiger partial charge is 0.128 e. The molecule has 90 valence electrons. The highest BCUT2D eigenvalue weighted by molar-refractivity contribution is 5.12. The van der Waals surface area contributed by atoms with Gasteiger partial charge in [0, 0.05) is 17.8 Å². The van der Waals surface area contributed by atoms with Gasteiger partial charge in [0.2, 0.25) is 0 Å². The highest BCUT2D eigenvalue weighted by atomic mass is 14.9. The second-order valence-electron chi connectivity index (χ2n) is 4.33. The fraction of sp³-hybridized carbons (Fsp3) is 0.714. The van der Waals surface area contributed by atoms with Gasteiger partial charge in [0.25, 0.3) is 0 Å². The van der Waals surface area contributed by atoms with Gasteiger partial charge in [-0.1, -0.05) is 33.6 Å². The Hall–Kier alpha value is -0.920. The first kappa shape index (κ1) is 13.1. The molecule has 0 bridgehead atoms. The predicted molar refractivity (Wildman–Crippen MR) is 68.6 cm³/mol. The van der Waals surface area contributed by atoms with E-state index in [1.54, 1.807) is 0 Å². The Morgan fingerprint density at radius 2 is 1.38 bits per heavy atom. The van der Waals surface area contributed by atoms with Gasteiger partial charge in [-0.3, -0.25) is 0 Å². The summed E-state index contributed by atoms with van der Waals surface area (Å²) in [5.74, 6) is 1.01. The van der Waals surface area contributed by atoms with Crippen LogP contribution < -0.4 is 0 Å². The van der Waals surface area contributed by atoms with Crippen LogP contribution >= 0.6 is 0 Å². The molecule has 16 heavy (non-hydrogen) atoms. The Labute approximate surface area is 99.5 Å². The number of unbranched alkanes of at least 4 members (excludes halogenated alkanes) is 2. The van der Waals surface area contributed by atoms with Gasteiger partial charge in [-0.15, -0.1) is 0 Å². The van der Waals surface area contributed by atoms with Gasteiger partial charge < -0.3 is 0 Å². The van der Waals surface area contributed by atoms with Crippen LogP contribution in [-0.4, -0.2) is 9.97 Å². The number of aryl methyl sites for hydroxylation is 3. The van der Waals surface area contributed by atoms with E-state index in [9.17, 15) is 0 Å². The molecule has 0 N–H and O–H groups in total. The number of aromatic nitrogens is 2. The van der Waals surface area contributed by atoms with Gasteiger partial charge >= 0.3 is 0 Å². The van der Waals surface area contributed by atoms with E-state index in [0.717, 1.165) is 25.1 Å². The van der Waals surface area contributed by atoms with Gasteiger partial charge in [-0.2, -0.15) is 0 Å². The summed E-state index contributed by atoms with van der Waals surface area (Å²) in [6, 6.07) is 2.20. The van der Waals surface area contributed by atoms with Crippen molar-refractivity contribution in [2.75, 3.05) is 0 Å². The maximum atomic E-state index is 4.59. The molecule has 2 heteroatoms. The Bertz CT molecular complexity index is 281. The zero-order valence-electron chi connectivity index (χ0n) is 10.9. The summed E-state index contributed by atoms with van der Waals surface area (Å²) < 4.78 is 0. The van der Waals surface area contributed by atoms with Gasteiger partial charge in [-0.25, -0.2) is 9.97 Å². The van der Waals surface area contributed by atoms with Crippen LogP contribution in [0.5, 0.6) is 0 Å². The van der Waals surface area contributed by atoms with Crippen LogP contribution in [0.2, 0.25) is 0 Å². The highest BCUT2D eigenvalue weighted by Crippen LogP contribution is 2.09. The molecule has 0 atom stereocenters. The zero-order valence-corrected chi connectivity index (χ0v) is 10.9. The molecule has 1 aromatic heterocycles. The molecule has 1 aromatic rings. The third-order valence-electron chi connectivity index (χ3n) is 2.77. The molecule has 0 fully saturated rings. The molecule has 0 aliphatic carbocycles. The molecule has 0 radical (unpaired) electrons. The molecule has 0 aliphatic heterocycles. The molecule has 0 unspecified atom stereocenters. The summed E-state index contributed by atoms with van der Waals surface area (Å²) in [7, 11) is 0. The van der Waals surface area contributed by atoms with Crippen molar-refractivity contribution >= 4 is 0 Å². The van der Waals surface area contributed by atoms with Crippen molar-refractivity contribution in [3.05, 3.63) is 23.3 Å². The molecule has 1 rings (SSSR count). The van der Waals surface area contributed by atoms with E-state index in [2.05, 4.69) is 36.8 Å². The van der Waals surface area contributed by atoms with E-state index in [1.165, 1.54) is 37.1 Å². The summed E-state index contributed by atoms with van der Waals surface area (Å²) in [5.41, 5.74) is 2.47. The van der Waals surface area contributed by atoms with Crippen LogP contribution in [0.25, 0.3) is 0 Å². The zero-order chi connectivity index (χ0) is 11.8. The average Bonchev–Trinajstić information content (AvgIpc) is 2.33. The van der Waals surface area contributed by atoms with Gasteiger partial charge in [0.05, 0.1) is 0 Å². The molecular formula is C14H24N2. The minimum atomic E-state index is 0.944. The Morgan fingerprint density at radius 3 is 1.75 bits per heavy atom. The van der Waals surface area contributed by atoms with Gasteiger partial charge in [-0.05, 0) is 31.7 Å². The maximum Gasteiger partial charge on any atom is 0.128 e. The van der Waals surface area contributed by atoms with Crippen molar-refractivity contribution < 1.29 is 0 Å². The third-order valence-corrected chi connectivity index (χ3v) is 2.77. The Balaban J connectivity index is 2.74. The van der Waals surface area contributed by atoms with Crippen LogP contribution in [0.15, 0.2) is 6.07 Å². The quantitative estimate of drug-likeness (QED) is 0.700. The van der Waals surface area contributed by atoms with E-state index >= 15 is 0 Å². The molecule has 0 aromatic carbocycles. The average molecular weight is 220 g/mol. The first-order valence-electron chi connectivity index (χ1n) is 6.65. The molecule has 0 amide bonds. The Morgan fingerprint density at radius 1 is 0.875 bits per heavy atom. The minimum Gasteiger partial charge on any atom is -0.238 e. The summed E-state index contributed by atoms with van der Waals surface area (Å²) in [5, 5.41) is 0. The number of nitrogens with zero attached hydrogens (tertiary/aromatic N) is 2. The first-order valence-corrected chi connectivity index (χ1v) is 6.65. The van der Waals surface area contributed by atoms with Crippen LogP contribution in [0.3, 0.4) is 0 Å². The monoisotopic (exact) mass is 220 g/mol. The number of hydrogen-bond donors (Lipinski definition) is 0. The van der Waals surface area contributed by atoms with E-state index in [-0.39, 0.29) is 0 Å². The molecule has 0 saturated heterocycles. The molecule has 0 saturated carbocycles.